The van der Waals surface area contributed by atoms with E-state index in [-0.39, 0.29) is 16.5 Å². The van der Waals surface area contributed by atoms with Gasteiger partial charge < -0.3 is 0 Å². The Morgan fingerprint density at radius 3 is 2.50 bits per heavy atom. The van der Waals surface area contributed by atoms with Crippen LogP contribution in [0.1, 0.15) is 31.9 Å². The van der Waals surface area contributed by atoms with Crippen LogP contribution in [0.15, 0.2) is 12.1 Å². The first-order valence-corrected chi connectivity index (χ1v) is 5.49. The molecule has 0 heterocycles. The number of rotatable bonds is 4. The molecule has 0 aliphatic rings. The monoisotopic (exact) mass is 248 g/mol. The van der Waals surface area contributed by atoms with Crippen LogP contribution in [0.2, 0.25) is 5.02 Å². The lowest BCUT2D eigenvalue weighted by atomic mass is 9.92. The number of hydrogen-bond acceptors (Lipinski definition) is 2. The van der Waals surface area contributed by atoms with Gasteiger partial charge >= 0.3 is 0 Å². The van der Waals surface area contributed by atoms with Crippen molar-refractivity contribution in [1.82, 2.24) is 5.43 Å². The number of hydrogen-bond donors (Lipinski definition) is 2. The van der Waals surface area contributed by atoms with E-state index in [0.29, 0.717) is 0 Å². The molecule has 16 heavy (non-hydrogen) atoms. The third kappa shape index (κ3) is 2.70. The van der Waals surface area contributed by atoms with Crippen LogP contribution in [0.25, 0.3) is 0 Å². The van der Waals surface area contributed by atoms with E-state index in [1.165, 1.54) is 0 Å². The Morgan fingerprint density at radius 2 is 2.00 bits per heavy atom. The van der Waals surface area contributed by atoms with E-state index in [2.05, 4.69) is 5.43 Å². The zero-order chi connectivity index (χ0) is 12.3. The van der Waals surface area contributed by atoms with E-state index in [1.54, 1.807) is 0 Å². The van der Waals surface area contributed by atoms with Crippen molar-refractivity contribution in [2.24, 2.45) is 11.8 Å². The van der Waals surface area contributed by atoms with Gasteiger partial charge in [0.2, 0.25) is 0 Å². The van der Waals surface area contributed by atoms with Crippen molar-refractivity contribution >= 4 is 11.6 Å². The number of hydrazine groups is 1. The van der Waals surface area contributed by atoms with Crippen LogP contribution in [0.4, 0.5) is 8.78 Å². The molecule has 0 bridgehead atoms. The highest BCUT2D eigenvalue weighted by Crippen LogP contribution is 2.29. The number of benzene rings is 1. The van der Waals surface area contributed by atoms with Crippen molar-refractivity contribution in [3.8, 4) is 0 Å². The molecule has 0 aliphatic heterocycles. The number of nitrogens with two attached hydrogens (primary N) is 1. The second-order valence-electron chi connectivity index (χ2n) is 3.82. The molecule has 2 atom stereocenters. The molecule has 0 amide bonds. The van der Waals surface area contributed by atoms with Gasteiger partial charge in [0.1, 0.15) is 11.6 Å². The van der Waals surface area contributed by atoms with E-state index in [1.807, 2.05) is 13.8 Å². The highest BCUT2D eigenvalue weighted by atomic mass is 35.5. The topological polar surface area (TPSA) is 38.0 Å². The van der Waals surface area contributed by atoms with E-state index in [9.17, 15) is 8.78 Å². The van der Waals surface area contributed by atoms with Crippen LogP contribution in [0.3, 0.4) is 0 Å². The second-order valence-corrected chi connectivity index (χ2v) is 4.22. The highest BCUT2D eigenvalue weighted by molar-refractivity contribution is 6.30. The molecule has 3 N–H and O–H groups in total. The zero-order valence-corrected chi connectivity index (χ0v) is 9.98. The van der Waals surface area contributed by atoms with Crippen LogP contribution in [-0.4, -0.2) is 0 Å². The van der Waals surface area contributed by atoms with Gasteiger partial charge in [-0.2, -0.15) is 0 Å². The molecule has 0 saturated heterocycles. The first-order valence-electron chi connectivity index (χ1n) is 5.11. The average Bonchev–Trinajstić information content (AvgIpc) is 2.26. The normalized spacial score (nSPS) is 14.9. The summed E-state index contributed by atoms with van der Waals surface area (Å²) >= 11 is 5.48. The summed E-state index contributed by atoms with van der Waals surface area (Å²) in [5.41, 5.74) is 2.71. The molecule has 0 aliphatic carbocycles. The van der Waals surface area contributed by atoms with Gasteiger partial charge in [0.25, 0.3) is 0 Å². The summed E-state index contributed by atoms with van der Waals surface area (Å²) in [6.07, 6.45) is 0.804. The van der Waals surface area contributed by atoms with E-state index < -0.39 is 17.7 Å². The predicted octanol–water partition coefficient (Wildman–Crippen LogP) is 3.17. The molecule has 90 valence electrons. The van der Waals surface area contributed by atoms with Gasteiger partial charge in [0.05, 0.1) is 11.1 Å². The molecule has 0 saturated carbocycles. The summed E-state index contributed by atoms with van der Waals surface area (Å²) in [6.45, 7) is 3.87. The summed E-state index contributed by atoms with van der Waals surface area (Å²) in [5, 5.41) is -0.221. The summed E-state index contributed by atoms with van der Waals surface area (Å²) in [5.74, 6) is 4.28. The van der Waals surface area contributed by atoms with E-state index >= 15 is 0 Å². The van der Waals surface area contributed by atoms with E-state index in [0.717, 1.165) is 18.6 Å². The molecule has 0 aromatic heterocycles. The van der Waals surface area contributed by atoms with Crippen LogP contribution in [-0.2, 0) is 0 Å². The van der Waals surface area contributed by atoms with E-state index in [4.69, 9.17) is 17.4 Å². The highest BCUT2D eigenvalue weighted by Gasteiger charge is 2.21. The molecule has 1 aromatic carbocycles. The molecule has 0 fully saturated rings. The van der Waals surface area contributed by atoms with Crippen molar-refractivity contribution in [1.29, 1.82) is 0 Å². The Bertz CT molecular complexity index is 371. The third-order valence-corrected chi connectivity index (χ3v) is 3.06. The molecular formula is C11H15ClF2N2. The van der Waals surface area contributed by atoms with Crippen LogP contribution >= 0.6 is 11.6 Å². The van der Waals surface area contributed by atoms with Gasteiger partial charge in [-0.05, 0) is 18.1 Å². The Morgan fingerprint density at radius 1 is 1.38 bits per heavy atom. The van der Waals surface area contributed by atoms with Crippen LogP contribution in [0, 0.1) is 17.6 Å². The van der Waals surface area contributed by atoms with Crippen molar-refractivity contribution < 1.29 is 8.78 Å². The first kappa shape index (κ1) is 13.4. The van der Waals surface area contributed by atoms with Gasteiger partial charge in [0, 0.05) is 5.56 Å². The Balaban J connectivity index is 3.15. The fourth-order valence-electron chi connectivity index (χ4n) is 1.57. The molecule has 5 heteroatoms. The predicted molar refractivity (Wildman–Crippen MR) is 60.9 cm³/mol. The Labute approximate surface area is 98.8 Å². The minimum atomic E-state index is -0.637. The quantitative estimate of drug-likeness (QED) is 0.488. The molecule has 2 nitrogen and oxygen atoms in total. The van der Waals surface area contributed by atoms with Gasteiger partial charge in [-0.15, -0.1) is 0 Å². The SMILES string of the molecule is CCC(C)C(NN)c1cc(F)c(Cl)cc1F. The number of halogens is 3. The van der Waals surface area contributed by atoms with Gasteiger partial charge in [0.15, 0.2) is 0 Å². The largest absolute Gasteiger partial charge is 0.271 e. The molecule has 0 radical (unpaired) electrons. The van der Waals surface area contributed by atoms with Crippen LogP contribution in [0.5, 0.6) is 0 Å². The van der Waals surface area contributed by atoms with Crippen molar-refractivity contribution in [3.05, 3.63) is 34.4 Å². The molecular weight excluding hydrogens is 234 g/mol. The summed E-state index contributed by atoms with van der Waals surface area (Å²) in [4.78, 5) is 0. The Kier molecular flexibility index (Phi) is 4.65. The third-order valence-electron chi connectivity index (χ3n) is 2.77. The lowest BCUT2D eigenvalue weighted by Gasteiger charge is -2.23. The number of nitrogens with one attached hydrogen (secondary N) is 1. The summed E-state index contributed by atoms with van der Waals surface area (Å²) in [7, 11) is 0. The Hall–Kier alpha value is -0.710. The van der Waals surface area contributed by atoms with Crippen molar-refractivity contribution in [2.45, 2.75) is 26.3 Å². The molecule has 1 rings (SSSR count). The average molecular weight is 249 g/mol. The minimum Gasteiger partial charge on any atom is -0.271 e. The lowest BCUT2D eigenvalue weighted by molar-refractivity contribution is 0.369. The fraction of sp³-hybridized carbons (Fsp3) is 0.455. The summed E-state index contributed by atoms with van der Waals surface area (Å²) < 4.78 is 26.9. The second kappa shape index (κ2) is 5.57. The van der Waals surface area contributed by atoms with Gasteiger partial charge in [-0.1, -0.05) is 31.9 Å². The first-order chi connectivity index (χ1) is 7.51. The zero-order valence-electron chi connectivity index (χ0n) is 9.23. The smallest absolute Gasteiger partial charge is 0.142 e. The lowest BCUT2D eigenvalue weighted by Crippen LogP contribution is -2.33. The fourth-order valence-corrected chi connectivity index (χ4v) is 1.72. The molecule has 0 spiro atoms. The van der Waals surface area contributed by atoms with Crippen molar-refractivity contribution in [2.75, 3.05) is 0 Å². The van der Waals surface area contributed by atoms with Gasteiger partial charge in [-0.3, -0.25) is 11.3 Å². The van der Waals surface area contributed by atoms with Crippen molar-refractivity contribution in [3.63, 3.8) is 0 Å². The minimum absolute atomic E-state index is 0.0973. The van der Waals surface area contributed by atoms with Gasteiger partial charge in [-0.25, -0.2) is 8.78 Å². The van der Waals surface area contributed by atoms with Crippen LogP contribution < -0.4 is 11.3 Å². The molecule has 2 unspecified atom stereocenters. The molecule has 1 aromatic rings. The standard InChI is InChI=1S/C11H15ClF2N2/c1-3-6(2)11(16-15)7-4-10(14)8(12)5-9(7)13/h4-6,11,16H,3,15H2,1-2H3. The maximum absolute atomic E-state index is 13.6. The maximum Gasteiger partial charge on any atom is 0.142 e. The summed E-state index contributed by atoms with van der Waals surface area (Å²) in [6, 6.07) is 1.64. The maximum atomic E-state index is 13.6.